The predicted molar refractivity (Wildman–Crippen MR) is 135 cm³/mol. The number of carbonyl (C=O) groups excluding carboxylic acids is 3. The normalized spacial score (nSPS) is 13.5. The number of methoxy groups -OCH3 is 1. The number of nitrogens with one attached hydrogen (secondary N) is 2. The molecule has 2 amide bonds. The lowest BCUT2D eigenvalue weighted by molar-refractivity contribution is -0.131. The average molecular weight is 468 g/mol. The van der Waals surface area contributed by atoms with Gasteiger partial charge in [0, 0.05) is 18.2 Å². The molecular weight excluding hydrogens is 430 g/mol. The third-order valence-electron chi connectivity index (χ3n) is 6.18. The van der Waals surface area contributed by atoms with Crippen LogP contribution in [0.5, 0.6) is 0 Å². The van der Waals surface area contributed by atoms with Crippen LogP contribution in [0.15, 0.2) is 54.6 Å². The van der Waals surface area contributed by atoms with E-state index in [0.29, 0.717) is 11.3 Å². The third-order valence-corrected chi connectivity index (χ3v) is 6.18. The number of esters is 1. The number of amides is 2. The van der Waals surface area contributed by atoms with Gasteiger partial charge in [0.05, 0.1) is 18.7 Å². The van der Waals surface area contributed by atoms with Crippen molar-refractivity contribution in [2.45, 2.75) is 52.1 Å². The Kier molecular flexibility index (Phi) is 8.61. The van der Waals surface area contributed by atoms with E-state index in [2.05, 4.69) is 10.6 Å². The summed E-state index contributed by atoms with van der Waals surface area (Å²) in [4.78, 5) is 40.5. The Morgan fingerprint density at radius 3 is 2.06 bits per heavy atom. The summed E-state index contributed by atoms with van der Waals surface area (Å²) in [5.74, 6) is -1.03. The summed E-state index contributed by atoms with van der Waals surface area (Å²) in [6.45, 7) is 9.73. The fraction of sp³-hybridized carbons (Fsp3) is 0.444. The van der Waals surface area contributed by atoms with E-state index < -0.39 is 28.9 Å². The van der Waals surface area contributed by atoms with Crippen molar-refractivity contribution >= 4 is 23.5 Å². The van der Waals surface area contributed by atoms with Crippen LogP contribution in [0.1, 0.15) is 50.5 Å². The van der Waals surface area contributed by atoms with Crippen LogP contribution in [0.2, 0.25) is 0 Å². The first-order chi connectivity index (χ1) is 15.8. The van der Waals surface area contributed by atoms with E-state index in [1.165, 1.54) is 12.0 Å². The molecule has 0 spiro atoms. The summed E-state index contributed by atoms with van der Waals surface area (Å²) < 4.78 is 4.79. The van der Waals surface area contributed by atoms with Crippen LogP contribution in [0.3, 0.4) is 0 Å². The summed E-state index contributed by atoms with van der Waals surface area (Å²) in [6, 6.07) is 15.1. The van der Waals surface area contributed by atoms with Crippen molar-refractivity contribution in [3.63, 3.8) is 0 Å². The van der Waals surface area contributed by atoms with Crippen LogP contribution in [0, 0.1) is 5.41 Å². The Bertz CT molecular complexity index is 1010. The predicted octanol–water partition coefficient (Wildman–Crippen LogP) is 3.53. The summed E-state index contributed by atoms with van der Waals surface area (Å²) in [6.07, 6.45) is 0. The van der Waals surface area contributed by atoms with Crippen LogP contribution in [-0.4, -0.2) is 51.1 Å². The Morgan fingerprint density at radius 2 is 1.53 bits per heavy atom. The van der Waals surface area contributed by atoms with E-state index >= 15 is 0 Å². The summed E-state index contributed by atoms with van der Waals surface area (Å²) in [5.41, 5.74) is 0.810. The van der Waals surface area contributed by atoms with Gasteiger partial charge in [-0.2, -0.15) is 0 Å². The van der Waals surface area contributed by atoms with Gasteiger partial charge in [0.1, 0.15) is 6.04 Å². The standard InChI is InChI=1S/C27H37N3O4/c1-26(2,3)22(24(32)30(7)20-16-12-13-18(17-20)25(33)34-8)29-23(31)21(28-6)27(4,5)19-14-10-9-11-15-19/h9-17,21-22,28H,1-8H3,(H,29,31)/t21-,22-/m1/s1. The fourth-order valence-electron chi connectivity index (χ4n) is 4.01. The zero-order valence-corrected chi connectivity index (χ0v) is 21.4. The molecule has 2 N–H and O–H groups in total. The minimum absolute atomic E-state index is 0.263. The van der Waals surface area contributed by atoms with Crippen molar-refractivity contribution in [1.82, 2.24) is 10.6 Å². The van der Waals surface area contributed by atoms with Crippen LogP contribution in [-0.2, 0) is 19.7 Å². The molecule has 34 heavy (non-hydrogen) atoms. The molecule has 0 bridgehead atoms. The van der Waals surface area contributed by atoms with E-state index in [-0.39, 0.29) is 11.8 Å². The van der Waals surface area contributed by atoms with Crippen LogP contribution < -0.4 is 15.5 Å². The number of rotatable bonds is 8. The topological polar surface area (TPSA) is 87.7 Å². The monoisotopic (exact) mass is 467 g/mol. The van der Waals surface area contributed by atoms with E-state index in [1.54, 1.807) is 38.4 Å². The SMILES string of the molecule is CN[C@H](C(=O)N[C@H](C(=O)N(C)c1cccc(C(=O)OC)c1)C(C)(C)C)C(C)(C)c1ccccc1. The van der Waals surface area contributed by atoms with E-state index in [9.17, 15) is 14.4 Å². The Labute approximate surface area is 202 Å². The number of hydrogen-bond acceptors (Lipinski definition) is 5. The molecule has 0 aliphatic heterocycles. The van der Waals surface area contributed by atoms with Crippen molar-refractivity contribution in [1.29, 1.82) is 0 Å². The van der Waals surface area contributed by atoms with E-state index in [1.807, 2.05) is 65.0 Å². The van der Waals surface area contributed by atoms with E-state index in [0.717, 1.165) is 5.56 Å². The van der Waals surface area contributed by atoms with Gasteiger partial charge < -0.3 is 20.3 Å². The number of nitrogens with zero attached hydrogens (tertiary/aromatic N) is 1. The molecule has 7 nitrogen and oxygen atoms in total. The number of ether oxygens (including phenoxy) is 1. The smallest absolute Gasteiger partial charge is 0.337 e. The second-order valence-corrected chi connectivity index (χ2v) is 10.1. The van der Waals surface area contributed by atoms with Crippen molar-refractivity contribution in [2.75, 3.05) is 26.1 Å². The van der Waals surface area contributed by atoms with Crippen LogP contribution >= 0.6 is 0 Å². The molecule has 0 unspecified atom stereocenters. The van der Waals surface area contributed by atoms with Crippen molar-refractivity contribution in [3.8, 4) is 0 Å². The number of hydrogen-bond donors (Lipinski definition) is 2. The second-order valence-electron chi connectivity index (χ2n) is 10.1. The van der Waals surface area contributed by atoms with Gasteiger partial charge in [-0.1, -0.05) is 71.0 Å². The highest BCUT2D eigenvalue weighted by atomic mass is 16.5. The summed E-state index contributed by atoms with van der Waals surface area (Å²) in [7, 11) is 4.69. The first-order valence-electron chi connectivity index (χ1n) is 11.3. The van der Waals surface area contributed by atoms with Gasteiger partial charge >= 0.3 is 5.97 Å². The average Bonchev–Trinajstić information content (AvgIpc) is 2.81. The van der Waals surface area contributed by atoms with Gasteiger partial charge in [-0.3, -0.25) is 9.59 Å². The maximum Gasteiger partial charge on any atom is 0.337 e. The molecule has 7 heteroatoms. The minimum Gasteiger partial charge on any atom is -0.465 e. The maximum atomic E-state index is 13.6. The molecular formula is C27H37N3O4. The highest BCUT2D eigenvalue weighted by Crippen LogP contribution is 2.29. The first kappa shape index (κ1) is 27.1. The molecule has 2 aromatic carbocycles. The Hall–Kier alpha value is -3.19. The molecule has 0 fully saturated rings. The van der Waals surface area contributed by atoms with Crippen molar-refractivity contribution in [2.24, 2.45) is 5.41 Å². The summed E-state index contributed by atoms with van der Waals surface area (Å²) in [5, 5.41) is 6.13. The van der Waals surface area contributed by atoms with Gasteiger partial charge in [-0.25, -0.2) is 4.79 Å². The molecule has 0 aliphatic carbocycles. The lowest BCUT2D eigenvalue weighted by Crippen LogP contribution is -2.60. The lowest BCUT2D eigenvalue weighted by Gasteiger charge is -2.38. The number of carbonyl (C=O) groups is 3. The number of benzene rings is 2. The third kappa shape index (κ3) is 6.03. The fourth-order valence-corrected chi connectivity index (χ4v) is 4.01. The Balaban J connectivity index is 2.33. The van der Waals surface area contributed by atoms with Crippen molar-refractivity contribution in [3.05, 3.63) is 65.7 Å². The maximum absolute atomic E-state index is 13.6. The van der Waals surface area contributed by atoms with E-state index in [4.69, 9.17) is 4.74 Å². The van der Waals surface area contributed by atoms with Gasteiger partial charge in [-0.05, 0) is 36.2 Å². The van der Waals surface area contributed by atoms with Gasteiger partial charge in [0.2, 0.25) is 11.8 Å². The minimum atomic E-state index is -0.797. The molecule has 0 aliphatic rings. The van der Waals surface area contributed by atoms with Gasteiger partial charge in [-0.15, -0.1) is 0 Å². The number of anilines is 1. The molecule has 0 saturated carbocycles. The zero-order chi connectivity index (χ0) is 25.7. The molecule has 2 aromatic rings. The highest BCUT2D eigenvalue weighted by molar-refractivity contribution is 6.01. The highest BCUT2D eigenvalue weighted by Gasteiger charge is 2.40. The summed E-state index contributed by atoms with van der Waals surface area (Å²) >= 11 is 0. The molecule has 0 aromatic heterocycles. The quantitative estimate of drug-likeness (QED) is 0.580. The lowest BCUT2D eigenvalue weighted by atomic mass is 9.76. The first-order valence-corrected chi connectivity index (χ1v) is 11.3. The van der Waals surface area contributed by atoms with Gasteiger partial charge in [0.15, 0.2) is 0 Å². The zero-order valence-electron chi connectivity index (χ0n) is 21.4. The molecule has 0 radical (unpaired) electrons. The molecule has 0 saturated heterocycles. The molecule has 0 heterocycles. The Morgan fingerprint density at radius 1 is 0.912 bits per heavy atom. The largest absolute Gasteiger partial charge is 0.465 e. The van der Waals surface area contributed by atoms with Crippen LogP contribution in [0.4, 0.5) is 5.69 Å². The molecule has 2 atom stereocenters. The number of likely N-dealkylation sites (N-methyl/N-ethyl adjacent to an activating group) is 2. The van der Waals surface area contributed by atoms with Crippen molar-refractivity contribution < 1.29 is 19.1 Å². The molecule has 184 valence electrons. The molecule has 2 rings (SSSR count). The van der Waals surface area contributed by atoms with Crippen LogP contribution in [0.25, 0.3) is 0 Å². The second kappa shape index (κ2) is 10.8. The van der Waals surface area contributed by atoms with Gasteiger partial charge in [0.25, 0.3) is 0 Å².